The van der Waals surface area contributed by atoms with Gasteiger partial charge in [-0.15, -0.1) is 24.0 Å². The van der Waals surface area contributed by atoms with Crippen molar-refractivity contribution in [1.29, 1.82) is 0 Å². The standard InChI is InChI=1S/C18H25N5O3.HI/c1-19-17(20-9-12-23-16(24)13-21-18(23)25)22-10-7-15(8-11-22)26-14-5-3-2-4-6-14;/h2-6,15H,7-13H2,1H3,(H,19,20)(H,21,25);1H. The summed E-state index contributed by atoms with van der Waals surface area (Å²) in [6, 6.07) is 9.55. The average molecular weight is 487 g/mol. The second-order valence-corrected chi connectivity index (χ2v) is 6.30. The molecular formula is C18H26IN5O3. The Kier molecular flexibility index (Phi) is 8.14. The van der Waals surface area contributed by atoms with Crippen LogP contribution in [0.1, 0.15) is 12.8 Å². The molecule has 3 amide bonds. The first-order chi connectivity index (χ1) is 12.7. The normalized spacial score (nSPS) is 18.2. The first-order valence-corrected chi connectivity index (χ1v) is 8.93. The zero-order valence-corrected chi connectivity index (χ0v) is 17.7. The molecule has 2 saturated heterocycles. The van der Waals surface area contributed by atoms with Crippen molar-refractivity contribution in [2.75, 3.05) is 39.8 Å². The summed E-state index contributed by atoms with van der Waals surface area (Å²) in [5.74, 6) is 1.50. The van der Waals surface area contributed by atoms with Gasteiger partial charge in [0.25, 0.3) is 0 Å². The number of halogens is 1. The van der Waals surface area contributed by atoms with Crippen LogP contribution in [0.15, 0.2) is 35.3 Å². The number of rotatable bonds is 5. The number of amides is 3. The molecule has 2 aliphatic rings. The summed E-state index contributed by atoms with van der Waals surface area (Å²) < 4.78 is 6.01. The number of benzene rings is 1. The first-order valence-electron chi connectivity index (χ1n) is 8.93. The van der Waals surface area contributed by atoms with Gasteiger partial charge in [-0.3, -0.25) is 14.7 Å². The number of urea groups is 1. The third-order valence-corrected chi connectivity index (χ3v) is 4.55. The van der Waals surface area contributed by atoms with E-state index in [1.807, 2.05) is 30.3 Å². The molecular weight excluding hydrogens is 461 g/mol. The molecule has 2 N–H and O–H groups in total. The largest absolute Gasteiger partial charge is 0.490 e. The predicted octanol–water partition coefficient (Wildman–Crippen LogP) is 1.27. The van der Waals surface area contributed by atoms with E-state index in [0.717, 1.165) is 37.6 Å². The van der Waals surface area contributed by atoms with Gasteiger partial charge in [0.1, 0.15) is 11.9 Å². The molecule has 1 aromatic rings. The molecule has 0 bridgehead atoms. The molecule has 0 saturated carbocycles. The molecule has 148 valence electrons. The number of nitrogens with zero attached hydrogens (tertiary/aromatic N) is 3. The minimum atomic E-state index is -0.328. The SMILES string of the molecule is CN=C(NCCN1C(=O)CNC1=O)N1CCC(Oc2ccccc2)CC1.I. The van der Waals surface area contributed by atoms with Crippen LogP contribution in [0.4, 0.5) is 4.79 Å². The summed E-state index contributed by atoms with van der Waals surface area (Å²) in [4.78, 5) is 30.8. The predicted molar refractivity (Wildman–Crippen MR) is 114 cm³/mol. The zero-order valence-electron chi connectivity index (χ0n) is 15.4. The highest BCUT2D eigenvalue weighted by atomic mass is 127. The van der Waals surface area contributed by atoms with Crippen LogP contribution in [0.25, 0.3) is 0 Å². The molecule has 1 aromatic carbocycles. The molecule has 0 unspecified atom stereocenters. The van der Waals surface area contributed by atoms with Gasteiger partial charge in [-0.2, -0.15) is 0 Å². The van der Waals surface area contributed by atoms with Gasteiger partial charge >= 0.3 is 6.03 Å². The topological polar surface area (TPSA) is 86.3 Å². The highest BCUT2D eigenvalue weighted by Crippen LogP contribution is 2.18. The maximum Gasteiger partial charge on any atom is 0.324 e. The fourth-order valence-corrected chi connectivity index (χ4v) is 3.17. The van der Waals surface area contributed by atoms with Crippen molar-refractivity contribution >= 4 is 41.9 Å². The number of ether oxygens (including phenoxy) is 1. The number of nitrogens with one attached hydrogen (secondary N) is 2. The molecule has 0 atom stereocenters. The number of imide groups is 1. The van der Waals surface area contributed by atoms with E-state index in [0.29, 0.717) is 13.1 Å². The number of hydrogen-bond acceptors (Lipinski definition) is 4. The lowest BCUT2D eigenvalue weighted by Gasteiger charge is -2.34. The van der Waals surface area contributed by atoms with Gasteiger partial charge in [-0.05, 0) is 12.1 Å². The molecule has 2 fully saturated rings. The Hall–Kier alpha value is -2.04. The van der Waals surface area contributed by atoms with Gasteiger partial charge in [-0.1, -0.05) is 18.2 Å². The van der Waals surface area contributed by atoms with Crippen molar-refractivity contribution in [3.63, 3.8) is 0 Å². The Bertz CT molecular complexity index is 646. The maximum absolute atomic E-state index is 11.6. The molecule has 0 spiro atoms. The minimum Gasteiger partial charge on any atom is -0.490 e. The van der Waals surface area contributed by atoms with E-state index in [2.05, 4.69) is 20.5 Å². The molecule has 0 aromatic heterocycles. The first kappa shape index (κ1) is 21.3. The van der Waals surface area contributed by atoms with E-state index < -0.39 is 0 Å². The van der Waals surface area contributed by atoms with Crippen LogP contribution in [-0.2, 0) is 4.79 Å². The quantitative estimate of drug-likeness (QED) is 0.283. The van der Waals surface area contributed by atoms with Crippen LogP contribution in [0.2, 0.25) is 0 Å². The monoisotopic (exact) mass is 487 g/mol. The van der Waals surface area contributed by atoms with Gasteiger partial charge in [0.05, 0.1) is 6.54 Å². The van der Waals surface area contributed by atoms with Crippen LogP contribution in [-0.4, -0.2) is 73.6 Å². The zero-order chi connectivity index (χ0) is 18.4. The van der Waals surface area contributed by atoms with Crippen molar-refractivity contribution in [3.05, 3.63) is 30.3 Å². The summed E-state index contributed by atoms with van der Waals surface area (Å²) in [6.07, 6.45) is 2.04. The Labute approximate surface area is 176 Å². The lowest BCUT2D eigenvalue weighted by molar-refractivity contribution is -0.124. The van der Waals surface area contributed by atoms with Crippen molar-refractivity contribution in [2.24, 2.45) is 4.99 Å². The Balaban J connectivity index is 0.00000261. The summed E-state index contributed by atoms with van der Waals surface area (Å²) in [5, 5.41) is 5.75. The Morgan fingerprint density at radius 2 is 1.96 bits per heavy atom. The van der Waals surface area contributed by atoms with Crippen LogP contribution in [0.3, 0.4) is 0 Å². The molecule has 0 aliphatic carbocycles. The van der Waals surface area contributed by atoms with Crippen molar-refractivity contribution < 1.29 is 14.3 Å². The van der Waals surface area contributed by atoms with Gasteiger partial charge in [0.15, 0.2) is 5.96 Å². The highest BCUT2D eigenvalue weighted by Gasteiger charge is 2.28. The molecule has 9 heteroatoms. The van der Waals surface area contributed by atoms with Gasteiger partial charge in [0, 0.05) is 46.1 Å². The Morgan fingerprint density at radius 1 is 1.26 bits per heavy atom. The van der Waals surface area contributed by atoms with Crippen molar-refractivity contribution in [3.8, 4) is 5.75 Å². The second kappa shape index (κ2) is 10.3. The fourth-order valence-electron chi connectivity index (χ4n) is 3.17. The molecule has 2 heterocycles. The lowest BCUT2D eigenvalue weighted by atomic mass is 10.1. The number of likely N-dealkylation sites (tertiary alicyclic amines) is 1. The van der Waals surface area contributed by atoms with Crippen LogP contribution >= 0.6 is 24.0 Å². The molecule has 2 aliphatic heterocycles. The molecule has 3 rings (SSSR count). The third-order valence-electron chi connectivity index (χ3n) is 4.55. The van der Waals surface area contributed by atoms with E-state index in [1.54, 1.807) is 7.05 Å². The number of para-hydroxylation sites is 1. The van der Waals surface area contributed by atoms with Crippen molar-refractivity contribution in [1.82, 2.24) is 20.4 Å². The van der Waals surface area contributed by atoms with Crippen LogP contribution < -0.4 is 15.4 Å². The van der Waals surface area contributed by atoms with E-state index in [4.69, 9.17) is 4.74 Å². The average Bonchev–Trinajstić information content (AvgIpc) is 2.99. The molecule has 8 nitrogen and oxygen atoms in total. The number of guanidine groups is 1. The van der Waals surface area contributed by atoms with E-state index in [9.17, 15) is 9.59 Å². The number of piperidine rings is 1. The Morgan fingerprint density at radius 3 is 2.56 bits per heavy atom. The molecule has 0 radical (unpaired) electrons. The fraction of sp³-hybridized carbons (Fsp3) is 0.500. The lowest BCUT2D eigenvalue weighted by Crippen LogP contribution is -2.49. The molecule has 27 heavy (non-hydrogen) atoms. The summed E-state index contributed by atoms with van der Waals surface area (Å²) in [5.41, 5.74) is 0. The van der Waals surface area contributed by atoms with Gasteiger partial charge in [-0.25, -0.2) is 4.79 Å². The highest BCUT2D eigenvalue weighted by molar-refractivity contribution is 14.0. The third kappa shape index (κ3) is 5.72. The van der Waals surface area contributed by atoms with Gasteiger partial charge < -0.3 is 20.3 Å². The number of hydrogen-bond donors (Lipinski definition) is 2. The smallest absolute Gasteiger partial charge is 0.324 e. The van der Waals surface area contributed by atoms with E-state index >= 15 is 0 Å². The van der Waals surface area contributed by atoms with Crippen molar-refractivity contribution in [2.45, 2.75) is 18.9 Å². The maximum atomic E-state index is 11.6. The summed E-state index contributed by atoms with van der Waals surface area (Å²) >= 11 is 0. The number of aliphatic imine (C=N–C) groups is 1. The van der Waals surface area contributed by atoms with Gasteiger partial charge in [0.2, 0.25) is 5.91 Å². The van der Waals surface area contributed by atoms with E-state index in [1.165, 1.54) is 4.90 Å². The van der Waals surface area contributed by atoms with E-state index in [-0.39, 0.29) is 48.6 Å². The second-order valence-electron chi connectivity index (χ2n) is 6.30. The summed E-state index contributed by atoms with van der Waals surface area (Å²) in [6.45, 7) is 2.59. The number of carbonyl (C=O) groups is 2. The minimum absolute atomic E-state index is 0. The van der Waals surface area contributed by atoms with Crippen LogP contribution in [0, 0.1) is 0 Å². The summed E-state index contributed by atoms with van der Waals surface area (Å²) in [7, 11) is 1.74. The number of carbonyl (C=O) groups excluding carboxylic acids is 2. The van der Waals surface area contributed by atoms with Crippen LogP contribution in [0.5, 0.6) is 5.75 Å².